The number of aromatic nitrogens is 2. The molecule has 1 heterocycles. The Morgan fingerprint density at radius 2 is 1.89 bits per heavy atom. The zero-order chi connectivity index (χ0) is 13.8. The number of hydrogen-bond acceptors (Lipinski definition) is 6. The van der Waals surface area contributed by atoms with E-state index < -0.39 is 0 Å². The Kier molecular flexibility index (Phi) is 4.31. The average Bonchev–Trinajstić information content (AvgIpc) is 2.85. The molecule has 0 radical (unpaired) electrons. The summed E-state index contributed by atoms with van der Waals surface area (Å²) in [5.41, 5.74) is 0. The van der Waals surface area contributed by atoms with Gasteiger partial charge in [0, 0.05) is 11.8 Å². The molecule has 5 nitrogen and oxygen atoms in total. The first-order valence-corrected chi connectivity index (χ1v) is 6.70. The molecule has 0 aliphatic carbocycles. The van der Waals surface area contributed by atoms with E-state index in [1.165, 1.54) is 0 Å². The van der Waals surface area contributed by atoms with E-state index in [1.54, 1.807) is 32.9 Å². The first-order valence-electron chi connectivity index (χ1n) is 5.82. The molecule has 0 spiro atoms. The zero-order valence-electron chi connectivity index (χ0n) is 11.3. The van der Waals surface area contributed by atoms with E-state index >= 15 is 0 Å². The highest BCUT2D eigenvalue weighted by Gasteiger charge is 2.15. The quantitative estimate of drug-likeness (QED) is 0.784. The summed E-state index contributed by atoms with van der Waals surface area (Å²) < 4.78 is 15.9. The van der Waals surface area contributed by atoms with Gasteiger partial charge in [0.2, 0.25) is 11.8 Å². The Morgan fingerprint density at radius 1 is 1.16 bits per heavy atom. The molecule has 0 N–H and O–H groups in total. The third-order valence-corrected chi connectivity index (χ3v) is 3.64. The molecule has 0 saturated heterocycles. The van der Waals surface area contributed by atoms with Crippen molar-refractivity contribution >= 4 is 11.8 Å². The molecule has 0 bridgehead atoms. The average molecular weight is 280 g/mol. The predicted molar refractivity (Wildman–Crippen MR) is 72.9 cm³/mol. The number of methoxy groups -OCH3 is 2. The maximum absolute atomic E-state index is 5.42. The number of thioether (sulfide) groups is 1. The van der Waals surface area contributed by atoms with Crippen molar-refractivity contribution in [2.45, 2.75) is 24.0 Å². The summed E-state index contributed by atoms with van der Waals surface area (Å²) in [5.74, 6) is 2.63. The van der Waals surface area contributed by atoms with Gasteiger partial charge in [-0.3, -0.25) is 0 Å². The van der Waals surface area contributed by atoms with Crippen molar-refractivity contribution in [1.29, 1.82) is 0 Å². The largest absolute Gasteiger partial charge is 0.493 e. The van der Waals surface area contributed by atoms with Crippen LogP contribution in [0.1, 0.15) is 24.0 Å². The van der Waals surface area contributed by atoms with Gasteiger partial charge in [-0.2, -0.15) is 0 Å². The summed E-state index contributed by atoms with van der Waals surface area (Å²) in [6.45, 7) is 3.80. The Balaban J connectivity index is 2.14. The molecule has 2 aromatic rings. The summed E-state index contributed by atoms with van der Waals surface area (Å²) in [5, 5.41) is 7.94. The lowest BCUT2D eigenvalue weighted by Gasteiger charge is -2.11. The number of rotatable bonds is 5. The van der Waals surface area contributed by atoms with Crippen LogP contribution >= 0.6 is 11.8 Å². The topological polar surface area (TPSA) is 57.4 Å². The number of hydrogen-bond donors (Lipinski definition) is 0. The van der Waals surface area contributed by atoms with E-state index in [-0.39, 0.29) is 5.25 Å². The van der Waals surface area contributed by atoms with Gasteiger partial charge in [-0.25, -0.2) is 0 Å². The number of aryl methyl sites for hydroxylation is 1. The molecule has 6 heteroatoms. The number of nitrogens with zero attached hydrogens (tertiary/aromatic N) is 2. The number of ether oxygens (including phenoxy) is 2. The maximum Gasteiger partial charge on any atom is 0.229 e. The molecule has 0 saturated carbocycles. The van der Waals surface area contributed by atoms with Crippen LogP contribution in [0.15, 0.2) is 27.5 Å². The van der Waals surface area contributed by atoms with Crippen LogP contribution < -0.4 is 9.47 Å². The van der Waals surface area contributed by atoms with Gasteiger partial charge < -0.3 is 13.9 Å². The molecule has 19 heavy (non-hydrogen) atoms. The first-order chi connectivity index (χ1) is 9.13. The van der Waals surface area contributed by atoms with Gasteiger partial charge in [-0.1, -0.05) is 0 Å². The highest BCUT2D eigenvalue weighted by molar-refractivity contribution is 7.99. The fourth-order valence-electron chi connectivity index (χ4n) is 1.62. The second kappa shape index (κ2) is 5.97. The lowest BCUT2D eigenvalue weighted by molar-refractivity contribution is 0.354. The van der Waals surface area contributed by atoms with Crippen molar-refractivity contribution in [2.24, 2.45) is 0 Å². The van der Waals surface area contributed by atoms with E-state index in [0.717, 1.165) is 4.90 Å². The predicted octanol–water partition coefficient (Wildman–Crippen LogP) is 3.25. The van der Waals surface area contributed by atoms with Gasteiger partial charge in [0.25, 0.3) is 0 Å². The summed E-state index contributed by atoms with van der Waals surface area (Å²) >= 11 is 1.63. The molecule has 1 atom stereocenters. The van der Waals surface area contributed by atoms with Crippen molar-refractivity contribution in [2.75, 3.05) is 14.2 Å². The van der Waals surface area contributed by atoms with Gasteiger partial charge >= 0.3 is 0 Å². The maximum atomic E-state index is 5.42. The van der Waals surface area contributed by atoms with Gasteiger partial charge in [0.15, 0.2) is 11.5 Å². The zero-order valence-corrected chi connectivity index (χ0v) is 12.2. The summed E-state index contributed by atoms with van der Waals surface area (Å²) in [4.78, 5) is 1.06. The van der Waals surface area contributed by atoms with Crippen LogP contribution in [0.2, 0.25) is 0 Å². The third-order valence-electron chi connectivity index (χ3n) is 2.56. The van der Waals surface area contributed by atoms with Crippen molar-refractivity contribution in [3.05, 3.63) is 30.0 Å². The van der Waals surface area contributed by atoms with E-state index in [0.29, 0.717) is 23.3 Å². The Bertz CT molecular complexity index is 557. The van der Waals surface area contributed by atoms with Crippen molar-refractivity contribution in [3.8, 4) is 11.5 Å². The second-order valence-electron chi connectivity index (χ2n) is 3.94. The van der Waals surface area contributed by atoms with E-state index in [1.807, 2.05) is 25.1 Å². The van der Waals surface area contributed by atoms with Gasteiger partial charge in [0.1, 0.15) is 0 Å². The van der Waals surface area contributed by atoms with Gasteiger partial charge in [-0.05, 0) is 25.1 Å². The van der Waals surface area contributed by atoms with Crippen LogP contribution in [-0.4, -0.2) is 24.4 Å². The third kappa shape index (κ3) is 3.20. The van der Waals surface area contributed by atoms with Crippen LogP contribution in [0.3, 0.4) is 0 Å². The smallest absolute Gasteiger partial charge is 0.229 e. The minimum atomic E-state index is 0.0827. The minimum absolute atomic E-state index is 0.0827. The molecule has 1 aromatic heterocycles. The molecule has 0 fully saturated rings. The van der Waals surface area contributed by atoms with Gasteiger partial charge in [0.05, 0.1) is 19.5 Å². The van der Waals surface area contributed by atoms with E-state index in [2.05, 4.69) is 10.2 Å². The summed E-state index contributed by atoms with van der Waals surface area (Å²) in [6, 6.07) is 5.79. The van der Waals surface area contributed by atoms with Crippen LogP contribution in [0.4, 0.5) is 0 Å². The minimum Gasteiger partial charge on any atom is -0.493 e. The highest BCUT2D eigenvalue weighted by Crippen LogP contribution is 2.38. The van der Waals surface area contributed by atoms with Crippen molar-refractivity contribution in [1.82, 2.24) is 10.2 Å². The molecular formula is C13H16N2O3S. The fourth-order valence-corrected chi connectivity index (χ4v) is 2.55. The van der Waals surface area contributed by atoms with Crippen molar-refractivity contribution < 1.29 is 13.9 Å². The molecule has 2 rings (SSSR count). The Hall–Kier alpha value is -1.69. The van der Waals surface area contributed by atoms with Crippen LogP contribution in [-0.2, 0) is 0 Å². The van der Waals surface area contributed by atoms with Crippen LogP contribution in [0.5, 0.6) is 11.5 Å². The van der Waals surface area contributed by atoms with Crippen molar-refractivity contribution in [3.63, 3.8) is 0 Å². The number of benzene rings is 1. The molecule has 0 unspecified atom stereocenters. The summed E-state index contributed by atoms with van der Waals surface area (Å²) in [7, 11) is 3.24. The Morgan fingerprint density at radius 3 is 2.47 bits per heavy atom. The SMILES string of the molecule is COc1ccc(S[C@@H](C)c2nnc(C)o2)cc1OC. The lowest BCUT2D eigenvalue weighted by Crippen LogP contribution is -1.92. The monoisotopic (exact) mass is 280 g/mol. The van der Waals surface area contributed by atoms with E-state index in [9.17, 15) is 0 Å². The molecule has 0 aliphatic heterocycles. The standard InChI is InChI=1S/C13H16N2O3S/c1-8(13-15-14-9(2)18-13)19-10-5-6-11(16-3)12(7-10)17-4/h5-8H,1-4H3/t8-/m0/s1. The second-order valence-corrected chi connectivity index (χ2v) is 5.35. The lowest BCUT2D eigenvalue weighted by atomic mass is 10.3. The van der Waals surface area contributed by atoms with E-state index in [4.69, 9.17) is 13.9 Å². The molecule has 102 valence electrons. The van der Waals surface area contributed by atoms with Gasteiger partial charge in [-0.15, -0.1) is 22.0 Å². The molecule has 1 aromatic carbocycles. The molecular weight excluding hydrogens is 264 g/mol. The van der Waals surface area contributed by atoms with Crippen LogP contribution in [0.25, 0.3) is 0 Å². The normalized spacial score (nSPS) is 12.2. The molecule has 0 aliphatic rings. The highest BCUT2D eigenvalue weighted by atomic mass is 32.2. The summed E-state index contributed by atoms with van der Waals surface area (Å²) in [6.07, 6.45) is 0. The Labute approximate surface area is 116 Å². The molecule has 0 amide bonds. The fraction of sp³-hybridized carbons (Fsp3) is 0.385. The first kappa shape index (κ1) is 13.7. The van der Waals surface area contributed by atoms with Crippen LogP contribution in [0, 0.1) is 6.92 Å².